The summed E-state index contributed by atoms with van der Waals surface area (Å²) < 4.78 is 6.24. The lowest BCUT2D eigenvalue weighted by atomic mass is 10.0. The number of hydrogen-bond acceptors (Lipinski definition) is 3. The van der Waals surface area contributed by atoms with Crippen LogP contribution in [0.25, 0.3) is 17.2 Å². The minimum Gasteiger partial charge on any atom is -0.422 e. The molecule has 0 unspecified atom stereocenters. The van der Waals surface area contributed by atoms with Crippen molar-refractivity contribution >= 4 is 33.8 Å². The maximum atomic E-state index is 12.7. The van der Waals surface area contributed by atoms with Gasteiger partial charge in [0.1, 0.15) is 5.75 Å². The molecule has 0 amide bonds. The maximum absolute atomic E-state index is 12.7. The van der Waals surface area contributed by atoms with Crippen molar-refractivity contribution in [3.05, 3.63) is 130 Å². The average molecular weight is 483 g/mol. The highest BCUT2D eigenvalue weighted by molar-refractivity contribution is 9.10. The summed E-state index contributed by atoms with van der Waals surface area (Å²) in [4.78, 5) is 25.2. The topological polar surface area (TPSA) is 43.4 Å². The number of allylic oxidation sites excluding steroid dienone is 1. The molecule has 0 spiro atoms. The van der Waals surface area contributed by atoms with Gasteiger partial charge < -0.3 is 4.74 Å². The summed E-state index contributed by atoms with van der Waals surface area (Å²) in [6, 6.07) is 31.7. The molecule has 4 aromatic carbocycles. The molecule has 0 radical (unpaired) electrons. The Kier molecular flexibility index (Phi) is 6.73. The van der Waals surface area contributed by atoms with Crippen LogP contribution < -0.4 is 4.74 Å². The molecule has 0 saturated heterocycles. The summed E-state index contributed by atoms with van der Waals surface area (Å²) in [6.07, 6.45) is 3.15. The summed E-state index contributed by atoms with van der Waals surface area (Å²) in [7, 11) is 0. The lowest BCUT2D eigenvalue weighted by Gasteiger charge is -2.08. The van der Waals surface area contributed by atoms with Crippen molar-refractivity contribution in [1.29, 1.82) is 0 Å². The van der Waals surface area contributed by atoms with Gasteiger partial charge in [-0.25, -0.2) is 4.79 Å². The molecule has 0 aromatic heterocycles. The van der Waals surface area contributed by atoms with E-state index in [2.05, 4.69) is 15.9 Å². The first-order valence-corrected chi connectivity index (χ1v) is 10.8. The van der Waals surface area contributed by atoms with Gasteiger partial charge in [-0.3, -0.25) is 4.79 Å². The third-order valence-corrected chi connectivity index (χ3v) is 5.60. The van der Waals surface area contributed by atoms with Crippen molar-refractivity contribution in [1.82, 2.24) is 0 Å². The van der Waals surface area contributed by atoms with Crippen LogP contribution in [0.2, 0.25) is 0 Å². The number of rotatable bonds is 6. The van der Waals surface area contributed by atoms with E-state index < -0.39 is 5.97 Å². The molecule has 3 nitrogen and oxygen atoms in total. The van der Waals surface area contributed by atoms with E-state index >= 15 is 0 Å². The third-order valence-electron chi connectivity index (χ3n) is 4.91. The Labute approximate surface area is 195 Å². The van der Waals surface area contributed by atoms with Crippen molar-refractivity contribution in [2.24, 2.45) is 0 Å². The van der Waals surface area contributed by atoms with E-state index in [4.69, 9.17) is 4.74 Å². The third kappa shape index (κ3) is 5.10. The van der Waals surface area contributed by atoms with Gasteiger partial charge in [0.15, 0.2) is 5.78 Å². The Bertz CT molecular complexity index is 1280. The van der Waals surface area contributed by atoms with Gasteiger partial charge in [0, 0.05) is 15.6 Å². The second-order valence-corrected chi connectivity index (χ2v) is 7.90. The summed E-state index contributed by atoms with van der Waals surface area (Å²) in [5.41, 5.74) is 3.81. The Hall–Kier alpha value is -3.76. The molecule has 4 rings (SSSR count). The monoisotopic (exact) mass is 482 g/mol. The lowest BCUT2D eigenvalue weighted by molar-refractivity contribution is 0.0733. The molecule has 0 bridgehead atoms. The summed E-state index contributed by atoms with van der Waals surface area (Å²) >= 11 is 3.36. The zero-order chi connectivity index (χ0) is 22.3. The first-order valence-electron chi connectivity index (χ1n) is 10.1. The van der Waals surface area contributed by atoms with E-state index in [0.29, 0.717) is 26.9 Å². The van der Waals surface area contributed by atoms with Gasteiger partial charge in [-0.2, -0.15) is 0 Å². The highest BCUT2D eigenvalue weighted by atomic mass is 79.9. The van der Waals surface area contributed by atoms with E-state index in [-0.39, 0.29) is 5.78 Å². The second-order valence-electron chi connectivity index (χ2n) is 7.05. The zero-order valence-corrected chi connectivity index (χ0v) is 18.7. The van der Waals surface area contributed by atoms with Gasteiger partial charge in [-0.05, 0) is 57.4 Å². The average Bonchev–Trinajstić information content (AvgIpc) is 2.84. The fourth-order valence-electron chi connectivity index (χ4n) is 3.21. The predicted octanol–water partition coefficient (Wildman–Crippen LogP) is 7.23. The van der Waals surface area contributed by atoms with Crippen LogP contribution in [-0.4, -0.2) is 11.8 Å². The largest absolute Gasteiger partial charge is 0.422 e. The van der Waals surface area contributed by atoms with Gasteiger partial charge in [0.25, 0.3) is 0 Å². The number of ketones is 1. The highest BCUT2D eigenvalue weighted by Crippen LogP contribution is 2.24. The summed E-state index contributed by atoms with van der Waals surface area (Å²) in [5, 5.41) is 0. The Morgan fingerprint density at radius 1 is 0.688 bits per heavy atom. The summed E-state index contributed by atoms with van der Waals surface area (Å²) in [6.45, 7) is 0. The number of halogens is 1. The molecule has 4 heteroatoms. The predicted molar refractivity (Wildman–Crippen MR) is 131 cm³/mol. The van der Waals surface area contributed by atoms with Crippen molar-refractivity contribution in [2.75, 3.05) is 0 Å². The second kappa shape index (κ2) is 10.0. The number of benzene rings is 4. The SMILES string of the molecule is O=C(C=Cc1ccccc1OC(=O)c1ccccc1Br)c1ccc(-c2ccccc2)cc1. The Morgan fingerprint density at radius 2 is 1.31 bits per heavy atom. The first-order chi connectivity index (χ1) is 15.6. The van der Waals surface area contributed by atoms with Gasteiger partial charge in [-0.1, -0.05) is 84.9 Å². The van der Waals surface area contributed by atoms with Crippen molar-refractivity contribution < 1.29 is 14.3 Å². The van der Waals surface area contributed by atoms with E-state index in [1.54, 1.807) is 42.5 Å². The van der Waals surface area contributed by atoms with Crippen LogP contribution in [0, 0.1) is 0 Å². The van der Waals surface area contributed by atoms with E-state index in [1.165, 1.54) is 6.08 Å². The van der Waals surface area contributed by atoms with Crippen molar-refractivity contribution in [2.45, 2.75) is 0 Å². The summed E-state index contributed by atoms with van der Waals surface area (Å²) in [5.74, 6) is -0.213. The first kappa shape index (κ1) is 21.5. The van der Waals surface area contributed by atoms with Crippen LogP contribution in [0.15, 0.2) is 114 Å². The fraction of sp³-hybridized carbons (Fsp3) is 0. The molecule has 32 heavy (non-hydrogen) atoms. The molecule has 0 atom stereocenters. The molecule has 0 fully saturated rings. The van der Waals surface area contributed by atoms with Crippen molar-refractivity contribution in [3.8, 4) is 16.9 Å². The minimum atomic E-state index is -0.471. The number of carbonyl (C=O) groups excluding carboxylic acids is 2. The smallest absolute Gasteiger partial charge is 0.344 e. The number of carbonyl (C=O) groups is 2. The molecule has 0 aliphatic rings. The minimum absolute atomic E-state index is 0.128. The standard InChI is InChI=1S/C28H19BrO3/c29-25-12-6-5-11-24(25)28(31)32-27-13-7-4-10-23(27)18-19-26(30)22-16-14-21(15-17-22)20-8-2-1-3-9-20/h1-19H. The molecular formula is C28H19BrO3. The Morgan fingerprint density at radius 3 is 2.06 bits per heavy atom. The van der Waals surface area contributed by atoms with Crippen LogP contribution in [0.5, 0.6) is 5.75 Å². The van der Waals surface area contributed by atoms with Crippen LogP contribution in [0.3, 0.4) is 0 Å². The van der Waals surface area contributed by atoms with Gasteiger partial charge in [-0.15, -0.1) is 0 Å². The number of ether oxygens (including phenoxy) is 1. The molecule has 0 N–H and O–H groups in total. The van der Waals surface area contributed by atoms with Crippen molar-refractivity contribution in [3.63, 3.8) is 0 Å². The highest BCUT2D eigenvalue weighted by Gasteiger charge is 2.13. The molecular weight excluding hydrogens is 464 g/mol. The van der Waals surface area contributed by atoms with Crippen LogP contribution in [0.1, 0.15) is 26.3 Å². The van der Waals surface area contributed by atoms with E-state index in [9.17, 15) is 9.59 Å². The van der Waals surface area contributed by atoms with Gasteiger partial charge in [0.05, 0.1) is 5.56 Å². The molecule has 0 aliphatic heterocycles. The van der Waals surface area contributed by atoms with E-state index in [1.807, 2.05) is 66.7 Å². The number of para-hydroxylation sites is 1. The van der Waals surface area contributed by atoms with Crippen LogP contribution in [0.4, 0.5) is 0 Å². The number of esters is 1. The van der Waals surface area contributed by atoms with Crippen LogP contribution in [-0.2, 0) is 0 Å². The molecule has 156 valence electrons. The van der Waals surface area contributed by atoms with Gasteiger partial charge in [0.2, 0.25) is 0 Å². The fourth-order valence-corrected chi connectivity index (χ4v) is 3.66. The Balaban J connectivity index is 1.49. The normalized spacial score (nSPS) is 10.8. The number of hydrogen-bond donors (Lipinski definition) is 0. The van der Waals surface area contributed by atoms with E-state index in [0.717, 1.165) is 11.1 Å². The molecule has 0 aliphatic carbocycles. The zero-order valence-electron chi connectivity index (χ0n) is 17.1. The molecule has 0 heterocycles. The quantitative estimate of drug-likeness (QED) is 0.126. The van der Waals surface area contributed by atoms with Crippen LogP contribution >= 0.6 is 15.9 Å². The molecule has 4 aromatic rings. The van der Waals surface area contributed by atoms with Gasteiger partial charge >= 0.3 is 5.97 Å². The molecule has 0 saturated carbocycles. The lowest BCUT2D eigenvalue weighted by Crippen LogP contribution is -2.09. The maximum Gasteiger partial charge on any atom is 0.344 e.